The number of thioether (sulfide) groups is 1. The number of ether oxygens (including phenoxy) is 1. The van der Waals surface area contributed by atoms with Crippen LogP contribution in [0.25, 0.3) is 0 Å². The van der Waals surface area contributed by atoms with Gasteiger partial charge >= 0.3 is 18.0 Å². The Balaban J connectivity index is 1.93. The van der Waals surface area contributed by atoms with Crippen LogP contribution in [0, 0.1) is 6.92 Å². The molecule has 34 heavy (non-hydrogen) atoms. The number of hydrogen-bond donors (Lipinski definition) is 2. The van der Waals surface area contributed by atoms with Crippen molar-refractivity contribution < 1.29 is 29.0 Å². The summed E-state index contributed by atoms with van der Waals surface area (Å²) in [7, 11) is 0. The highest BCUT2D eigenvalue weighted by Crippen LogP contribution is 2.44. The summed E-state index contributed by atoms with van der Waals surface area (Å²) in [5.74, 6) is -1.86. The van der Waals surface area contributed by atoms with Gasteiger partial charge in [-0.15, -0.1) is 23.1 Å². The number of carboxylic acid groups (broad SMARTS) is 1. The average molecular weight is 506 g/mol. The lowest BCUT2D eigenvalue weighted by Crippen LogP contribution is -2.50. The second kappa shape index (κ2) is 10.1. The standard InChI is InChI=1S/C23H27N3O6S2/c1-13-8-9-17(34-13)19-26(16(12-33-19)21(30)32-23(2,3)4)18(27)11-25(22(24)31)15-7-5-6-14(10-15)20(28)29/h5-10,16,19H,11-12H2,1-4H3,(H2,24,31)(H,28,29)/t16-,19+/m0/s1. The molecule has 0 radical (unpaired) electrons. The van der Waals surface area contributed by atoms with Crippen molar-refractivity contribution in [2.24, 2.45) is 5.73 Å². The van der Waals surface area contributed by atoms with Crippen LogP contribution in [0.1, 0.15) is 46.3 Å². The molecule has 3 amide bonds. The highest BCUT2D eigenvalue weighted by atomic mass is 32.2. The molecule has 182 valence electrons. The number of carboxylic acids is 1. The van der Waals surface area contributed by atoms with Crippen LogP contribution in [0.15, 0.2) is 36.4 Å². The maximum atomic E-state index is 13.6. The minimum absolute atomic E-state index is 0.0495. The summed E-state index contributed by atoms with van der Waals surface area (Å²) in [6.45, 7) is 6.76. The molecule has 11 heteroatoms. The smallest absolute Gasteiger partial charge is 0.335 e. The number of aromatic carboxylic acids is 1. The van der Waals surface area contributed by atoms with E-state index in [1.54, 1.807) is 20.8 Å². The first kappa shape index (κ1) is 25.6. The lowest BCUT2D eigenvalue weighted by molar-refractivity contribution is -0.163. The number of carbonyl (C=O) groups excluding carboxylic acids is 3. The van der Waals surface area contributed by atoms with E-state index < -0.39 is 47.4 Å². The number of anilines is 1. The number of amides is 3. The Morgan fingerprint density at radius 2 is 1.91 bits per heavy atom. The first-order valence-electron chi connectivity index (χ1n) is 10.5. The first-order valence-corrected chi connectivity index (χ1v) is 12.4. The molecule has 3 rings (SSSR count). The van der Waals surface area contributed by atoms with E-state index >= 15 is 0 Å². The quantitative estimate of drug-likeness (QED) is 0.573. The lowest BCUT2D eigenvalue weighted by Gasteiger charge is -2.32. The molecule has 9 nitrogen and oxygen atoms in total. The number of primary amides is 1. The van der Waals surface area contributed by atoms with E-state index in [2.05, 4.69) is 0 Å². The minimum atomic E-state index is -1.17. The predicted octanol–water partition coefficient (Wildman–Crippen LogP) is 3.62. The van der Waals surface area contributed by atoms with Crippen LogP contribution in [0.2, 0.25) is 0 Å². The number of carbonyl (C=O) groups is 4. The molecule has 1 fully saturated rings. The van der Waals surface area contributed by atoms with Gasteiger partial charge in [-0.1, -0.05) is 6.07 Å². The van der Waals surface area contributed by atoms with Crippen molar-refractivity contribution in [3.63, 3.8) is 0 Å². The van der Waals surface area contributed by atoms with E-state index in [9.17, 15) is 24.3 Å². The van der Waals surface area contributed by atoms with E-state index in [0.29, 0.717) is 5.75 Å². The lowest BCUT2D eigenvalue weighted by atomic mass is 10.1. The third kappa shape index (κ3) is 5.89. The van der Waals surface area contributed by atoms with Gasteiger partial charge in [0.05, 0.1) is 5.56 Å². The van der Waals surface area contributed by atoms with Gasteiger partial charge < -0.3 is 20.5 Å². The number of thiophene rings is 1. The molecular weight excluding hydrogens is 478 g/mol. The number of rotatable bonds is 6. The Morgan fingerprint density at radius 1 is 1.21 bits per heavy atom. The number of nitrogens with zero attached hydrogens (tertiary/aromatic N) is 2. The molecule has 1 aromatic heterocycles. The summed E-state index contributed by atoms with van der Waals surface area (Å²) >= 11 is 2.97. The van der Waals surface area contributed by atoms with Gasteiger partial charge in [0.1, 0.15) is 23.6 Å². The van der Waals surface area contributed by atoms with Crippen molar-refractivity contribution in [3.05, 3.63) is 51.7 Å². The van der Waals surface area contributed by atoms with Crippen molar-refractivity contribution in [2.45, 2.75) is 44.7 Å². The largest absolute Gasteiger partial charge is 0.478 e. The molecule has 2 aromatic rings. The SMILES string of the molecule is Cc1ccc([C@H]2SC[C@@H](C(=O)OC(C)(C)C)N2C(=O)CN(C(N)=O)c2cccc(C(=O)O)c2)s1. The summed E-state index contributed by atoms with van der Waals surface area (Å²) in [5, 5.41) is 8.85. The van der Waals surface area contributed by atoms with Crippen molar-refractivity contribution in [3.8, 4) is 0 Å². The van der Waals surface area contributed by atoms with Gasteiger partial charge in [-0.2, -0.15) is 0 Å². The van der Waals surface area contributed by atoms with Crippen LogP contribution >= 0.6 is 23.1 Å². The third-order valence-electron chi connectivity index (χ3n) is 4.94. The van der Waals surface area contributed by atoms with Crippen molar-refractivity contribution in [2.75, 3.05) is 17.2 Å². The van der Waals surface area contributed by atoms with E-state index in [1.165, 1.54) is 52.3 Å². The zero-order valence-corrected chi connectivity index (χ0v) is 20.9. The third-order valence-corrected chi connectivity index (χ3v) is 7.44. The van der Waals surface area contributed by atoms with Crippen molar-refractivity contribution in [1.29, 1.82) is 0 Å². The number of esters is 1. The zero-order chi connectivity index (χ0) is 25.2. The normalized spacial score (nSPS) is 17.9. The molecule has 3 N–H and O–H groups in total. The number of urea groups is 1. The number of nitrogens with two attached hydrogens (primary N) is 1. The van der Waals surface area contributed by atoms with E-state index in [1.807, 2.05) is 19.1 Å². The van der Waals surface area contributed by atoms with Gasteiger partial charge in [-0.25, -0.2) is 14.4 Å². The van der Waals surface area contributed by atoms with Crippen LogP contribution in [0.3, 0.4) is 0 Å². The first-order chi connectivity index (χ1) is 15.9. The van der Waals surface area contributed by atoms with Crippen LogP contribution in [-0.2, 0) is 14.3 Å². The molecule has 2 heterocycles. The number of aryl methyl sites for hydroxylation is 1. The van der Waals surface area contributed by atoms with Crippen LogP contribution in [0.4, 0.5) is 10.5 Å². The van der Waals surface area contributed by atoms with E-state index in [-0.39, 0.29) is 11.3 Å². The van der Waals surface area contributed by atoms with Crippen molar-refractivity contribution in [1.82, 2.24) is 4.90 Å². The molecule has 1 aliphatic heterocycles. The summed E-state index contributed by atoms with van der Waals surface area (Å²) in [4.78, 5) is 54.5. The summed E-state index contributed by atoms with van der Waals surface area (Å²) in [6.07, 6.45) is 0. The van der Waals surface area contributed by atoms with Gasteiger partial charge in [0.2, 0.25) is 5.91 Å². The van der Waals surface area contributed by atoms with E-state index in [0.717, 1.165) is 14.7 Å². The molecular formula is C23H27N3O6S2. The average Bonchev–Trinajstić information content (AvgIpc) is 3.36. The molecule has 0 aliphatic carbocycles. The molecule has 1 aliphatic rings. The van der Waals surface area contributed by atoms with Crippen LogP contribution < -0.4 is 10.6 Å². The topological polar surface area (TPSA) is 130 Å². The number of benzene rings is 1. The van der Waals surface area contributed by atoms with Gasteiger partial charge in [-0.05, 0) is 58.0 Å². The predicted molar refractivity (Wildman–Crippen MR) is 131 cm³/mol. The minimum Gasteiger partial charge on any atom is -0.478 e. The maximum absolute atomic E-state index is 13.6. The Morgan fingerprint density at radius 3 is 2.47 bits per heavy atom. The molecule has 0 bridgehead atoms. The van der Waals surface area contributed by atoms with Gasteiger partial charge in [0.25, 0.3) is 0 Å². The monoisotopic (exact) mass is 505 g/mol. The Hall–Kier alpha value is -3.05. The number of hydrogen-bond acceptors (Lipinski definition) is 7. The molecule has 0 spiro atoms. The van der Waals surface area contributed by atoms with Crippen molar-refractivity contribution >= 4 is 52.7 Å². The Kier molecular flexibility index (Phi) is 7.57. The molecule has 1 aromatic carbocycles. The molecule has 0 unspecified atom stereocenters. The van der Waals surface area contributed by atoms with Gasteiger partial charge in [0, 0.05) is 21.2 Å². The highest BCUT2D eigenvalue weighted by molar-refractivity contribution is 7.99. The Bertz CT molecular complexity index is 1110. The second-order valence-electron chi connectivity index (χ2n) is 8.76. The molecule has 1 saturated heterocycles. The fourth-order valence-electron chi connectivity index (χ4n) is 3.49. The van der Waals surface area contributed by atoms with Crippen LogP contribution in [0.5, 0.6) is 0 Å². The van der Waals surface area contributed by atoms with Gasteiger partial charge in [0.15, 0.2) is 0 Å². The maximum Gasteiger partial charge on any atom is 0.335 e. The fourth-order valence-corrected chi connectivity index (χ4v) is 6.02. The summed E-state index contributed by atoms with van der Waals surface area (Å²) in [5.41, 5.74) is 4.93. The van der Waals surface area contributed by atoms with Gasteiger partial charge in [-0.3, -0.25) is 9.69 Å². The summed E-state index contributed by atoms with van der Waals surface area (Å²) in [6, 6.07) is 7.70. The summed E-state index contributed by atoms with van der Waals surface area (Å²) < 4.78 is 5.56. The zero-order valence-electron chi connectivity index (χ0n) is 19.3. The fraction of sp³-hybridized carbons (Fsp3) is 0.391. The van der Waals surface area contributed by atoms with E-state index in [4.69, 9.17) is 10.5 Å². The molecule has 0 saturated carbocycles. The second-order valence-corrected chi connectivity index (χ2v) is 11.2. The Labute approximate surface area is 205 Å². The molecule has 2 atom stereocenters. The van der Waals surface area contributed by atoms with Crippen LogP contribution in [-0.4, -0.2) is 57.8 Å². The highest BCUT2D eigenvalue weighted by Gasteiger charge is 2.45.